The van der Waals surface area contributed by atoms with Gasteiger partial charge >= 0.3 is 0 Å². The lowest BCUT2D eigenvalue weighted by atomic mass is 10.3. The standard InChI is InChI=1S/C13H17BrN4O2/c1-20-13-6-10(14)5-11(7-13)15-8-12-9-18(17-16-12)3-2-4-19/h5-7,9,15,19H,2-4,8H2,1H3. The van der Waals surface area contributed by atoms with Crippen LogP contribution in [0.1, 0.15) is 12.1 Å². The fraction of sp³-hybridized carbons (Fsp3) is 0.385. The topological polar surface area (TPSA) is 72.2 Å². The summed E-state index contributed by atoms with van der Waals surface area (Å²) in [5.74, 6) is 0.786. The number of aliphatic hydroxyl groups is 1. The smallest absolute Gasteiger partial charge is 0.122 e. The van der Waals surface area contributed by atoms with Crippen LogP contribution >= 0.6 is 15.9 Å². The average molecular weight is 341 g/mol. The Hall–Kier alpha value is -1.60. The van der Waals surface area contributed by atoms with E-state index in [-0.39, 0.29) is 6.61 Å². The average Bonchev–Trinajstić information content (AvgIpc) is 2.90. The minimum absolute atomic E-state index is 0.158. The van der Waals surface area contributed by atoms with Crippen LogP contribution in [-0.4, -0.2) is 33.8 Å². The van der Waals surface area contributed by atoms with Crippen molar-refractivity contribution in [3.63, 3.8) is 0 Å². The molecule has 2 rings (SSSR count). The van der Waals surface area contributed by atoms with E-state index in [0.717, 1.165) is 21.6 Å². The zero-order chi connectivity index (χ0) is 14.4. The maximum atomic E-state index is 8.77. The Morgan fingerprint density at radius 1 is 1.40 bits per heavy atom. The number of ether oxygens (including phenoxy) is 1. The van der Waals surface area contributed by atoms with E-state index in [1.807, 2.05) is 24.4 Å². The van der Waals surface area contributed by atoms with Crippen molar-refractivity contribution < 1.29 is 9.84 Å². The molecule has 6 nitrogen and oxygen atoms in total. The van der Waals surface area contributed by atoms with E-state index in [1.165, 1.54) is 0 Å². The van der Waals surface area contributed by atoms with E-state index in [9.17, 15) is 0 Å². The molecular formula is C13H17BrN4O2. The van der Waals surface area contributed by atoms with Crippen LogP contribution in [0.3, 0.4) is 0 Å². The number of halogens is 1. The first-order valence-electron chi connectivity index (χ1n) is 6.29. The molecule has 0 aliphatic heterocycles. The van der Waals surface area contributed by atoms with Crippen LogP contribution < -0.4 is 10.1 Å². The number of methoxy groups -OCH3 is 1. The van der Waals surface area contributed by atoms with Crippen molar-refractivity contribution in [2.75, 3.05) is 19.0 Å². The van der Waals surface area contributed by atoms with Gasteiger partial charge in [0.25, 0.3) is 0 Å². The summed E-state index contributed by atoms with van der Waals surface area (Å²) in [7, 11) is 1.64. The number of aliphatic hydroxyl groups excluding tert-OH is 1. The molecule has 0 fully saturated rings. The van der Waals surface area contributed by atoms with Crippen LogP contribution in [0.25, 0.3) is 0 Å². The molecule has 1 aromatic heterocycles. The lowest BCUT2D eigenvalue weighted by Crippen LogP contribution is -2.01. The van der Waals surface area contributed by atoms with Crippen molar-refractivity contribution >= 4 is 21.6 Å². The van der Waals surface area contributed by atoms with Crippen molar-refractivity contribution in [3.8, 4) is 5.75 Å². The molecule has 0 saturated heterocycles. The Bertz CT molecular complexity index is 559. The first-order chi connectivity index (χ1) is 9.71. The van der Waals surface area contributed by atoms with Crippen LogP contribution in [-0.2, 0) is 13.1 Å². The van der Waals surface area contributed by atoms with Crippen LogP contribution in [0, 0.1) is 0 Å². The van der Waals surface area contributed by atoms with Gasteiger partial charge in [-0.25, -0.2) is 0 Å². The highest BCUT2D eigenvalue weighted by atomic mass is 79.9. The number of rotatable bonds is 7. The predicted molar refractivity (Wildman–Crippen MR) is 79.7 cm³/mol. The van der Waals surface area contributed by atoms with E-state index in [4.69, 9.17) is 9.84 Å². The minimum atomic E-state index is 0.158. The number of aromatic nitrogens is 3. The minimum Gasteiger partial charge on any atom is -0.497 e. The van der Waals surface area contributed by atoms with Gasteiger partial charge < -0.3 is 15.2 Å². The van der Waals surface area contributed by atoms with Crippen molar-refractivity contribution in [1.29, 1.82) is 0 Å². The summed E-state index contributed by atoms with van der Waals surface area (Å²) in [6.45, 7) is 1.41. The van der Waals surface area contributed by atoms with Gasteiger partial charge in [-0.15, -0.1) is 5.10 Å². The first-order valence-corrected chi connectivity index (χ1v) is 7.09. The van der Waals surface area contributed by atoms with Crippen molar-refractivity contribution in [1.82, 2.24) is 15.0 Å². The molecule has 0 aliphatic carbocycles. The summed E-state index contributed by atoms with van der Waals surface area (Å²) in [6, 6.07) is 5.79. The monoisotopic (exact) mass is 340 g/mol. The first kappa shape index (κ1) is 14.8. The van der Waals surface area contributed by atoms with Crippen molar-refractivity contribution in [2.24, 2.45) is 0 Å². The summed E-state index contributed by atoms with van der Waals surface area (Å²) >= 11 is 3.44. The number of aryl methyl sites for hydroxylation is 1. The number of anilines is 1. The predicted octanol–water partition coefficient (Wildman–Crippen LogP) is 2.04. The normalized spacial score (nSPS) is 10.6. The Labute approximate surface area is 125 Å². The third kappa shape index (κ3) is 4.21. The van der Waals surface area contributed by atoms with Crippen molar-refractivity contribution in [2.45, 2.75) is 19.5 Å². The number of benzene rings is 1. The lowest BCUT2D eigenvalue weighted by Gasteiger charge is -2.07. The Balaban J connectivity index is 1.94. The van der Waals surface area contributed by atoms with E-state index in [0.29, 0.717) is 19.5 Å². The van der Waals surface area contributed by atoms with E-state index >= 15 is 0 Å². The third-order valence-electron chi connectivity index (χ3n) is 2.71. The quantitative estimate of drug-likeness (QED) is 0.806. The fourth-order valence-electron chi connectivity index (χ4n) is 1.74. The SMILES string of the molecule is COc1cc(Br)cc(NCc2cn(CCCO)nn2)c1. The van der Waals surface area contributed by atoms with E-state index in [2.05, 4.69) is 31.6 Å². The lowest BCUT2D eigenvalue weighted by molar-refractivity contribution is 0.276. The van der Waals surface area contributed by atoms with Crippen LogP contribution in [0.4, 0.5) is 5.69 Å². The molecule has 0 aliphatic rings. The highest BCUT2D eigenvalue weighted by molar-refractivity contribution is 9.10. The highest BCUT2D eigenvalue weighted by Gasteiger charge is 2.03. The number of nitrogens with one attached hydrogen (secondary N) is 1. The second-order valence-corrected chi connectivity index (χ2v) is 5.20. The summed E-state index contributed by atoms with van der Waals surface area (Å²) in [4.78, 5) is 0. The Morgan fingerprint density at radius 3 is 3.00 bits per heavy atom. The molecule has 1 heterocycles. The number of hydrogen-bond donors (Lipinski definition) is 2. The third-order valence-corrected chi connectivity index (χ3v) is 3.17. The Kier molecular flexibility index (Phi) is 5.37. The second kappa shape index (κ2) is 7.25. The van der Waals surface area contributed by atoms with Gasteiger partial charge in [-0.3, -0.25) is 4.68 Å². The zero-order valence-corrected chi connectivity index (χ0v) is 12.8. The highest BCUT2D eigenvalue weighted by Crippen LogP contribution is 2.24. The van der Waals surface area contributed by atoms with Crippen LogP contribution in [0.2, 0.25) is 0 Å². The van der Waals surface area contributed by atoms with Gasteiger partial charge in [0.15, 0.2) is 0 Å². The number of nitrogens with zero attached hydrogens (tertiary/aromatic N) is 3. The molecule has 0 atom stereocenters. The van der Waals surface area contributed by atoms with Gasteiger partial charge in [-0.2, -0.15) is 0 Å². The van der Waals surface area contributed by atoms with Gasteiger partial charge in [-0.05, 0) is 18.6 Å². The molecule has 0 amide bonds. The molecule has 7 heteroatoms. The van der Waals surface area contributed by atoms with Crippen LogP contribution in [0.15, 0.2) is 28.9 Å². The molecule has 1 aromatic carbocycles. The Morgan fingerprint density at radius 2 is 2.25 bits per heavy atom. The van der Waals surface area contributed by atoms with E-state index in [1.54, 1.807) is 11.8 Å². The molecule has 0 unspecified atom stereocenters. The summed E-state index contributed by atoms with van der Waals surface area (Å²) in [5.41, 5.74) is 1.79. The zero-order valence-electron chi connectivity index (χ0n) is 11.2. The molecule has 0 bridgehead atoms. The van der Waals surface area contributed by atoms with Gasteiger partial charge in [0.2, 0.25) is 0 Å². The molecule has 0 saturated carbocycles. The number of hydrogen-bond acceptors (Lipinski definition) is 5. The summed E-state index contributed by atoms with van der Waals surface area (Å²) in [5, 5.41) is 20.1. The molecule has 0 radical (unpaired) electrons. The van der Waals surface area contributed by atoms with Gasteiger partial charge in [0, 0.05) is 29.4 Å². The largest absolute Gasteiger partial charge is 0.497 e. The summed E-state index contributed by atoms with van der Waals surface area (Å²) in [6.07, 6.45) is 2.55. The second-order valence-electron chi connectivity index (χ2n) is 4.28. The van der Waals surface area contributed by atoms with Crippen LogP contribution in [0.5, 0.6) is 5.75 Å². The van der Waals surface area contributed by atoms with E-state index < -0.39 is 0 Å². The van der Waals surface area contributed by atoms with Gasteiger partial charge in [0.1, 0.15) is 11.4 Å². The molecular weight excluding hydrogens is 324 g/mol. The summed E-state index contributed by atoms with van der Waals surface area (Å²) < 4.78 is 7.89. The molecule has 20 heavy (non-hydrogen) atoms. The molecule has 108 valence electrons. The maximum Gasteiger partial charge on any atom is 0.122 e. The van der Waals surface area contributed by atoms with Gasteiger partial charge in [0.05, 0.1) is 19.9 Å². The maximum absolute atomic E-state index is 8.77. The van der Waals surface area contributed by atoms with Crippen molar-refractivity contribution in [3.05, 3.63) is 34.6 Å². The molecule has 2 aromatic rings. The molecule has 2 N–H and O–H groups in total. The van der Waals surface area contributed by atoms with Gasteiger partial charge in [-0.1, -0.05) is 21.1 Å². The molecule has 0 spiro atoms. The fourth-order valence-corrected chi connectivity index (χ4v) is 2.21.